The van der Waals surface area contributed by atoms with E-state index in [4.69, 9.17) is 13.3 Å². The summed E-state index contributed by atoms with van der Waals surface area (Å²) in [7, 11) is -2.66. The van der Waals surface area contributed by atoms with Crippen LogP contribution >= 0.6 is 11.8 Å². The maximum Gasteiger partial charge on any atom is 0.502 e. The summed E-state index contributed by atoms with van der Waals surface area (Å²) in [6, 6.07) is 0.690. The standard InChI is InChI=1S/C19H40O4SSi/c1-6-10-11-12-13-14-15-16-19(20)24-18(5)17-25(21-7-2,22-8-3)23-9-4/h18H,6-17H2,1-5H3. The van der Waals surface area contributed by atoms with Crippen LogP contribution in [0.5, 0.6) is 0 Å². The molecule has 0 aromatic heterocycles. The predicted octanol–water partition coefficient (Wildman–Crippen LogP) is 5.82. The minimum atomic E-state index is -2.66. The van der Waals surface area contributed by atoms with E-state index in [0.717, 1.165) is 6.42 Å². The third kappa shape index (κ3) is 13.0. The van der Waals surface area contributed by atoms with Crippen molar-refractivity contribution in [1.82, 2.24) is 0 Å². The third-order valence-corrected chi connectivity index (χ3v) is 8.58. The Hall–Kier alpha value is 0.117. The van der Waals surface area contributed by atoms with E-state index in [2.05, 4.69) is 13.8 Å². The highest BCUT2D eigenvalue weighted by Crippen LogP contribution is 2.27. The maximum atomic E-state index is 12.2. The monoisotopic (exact) mass is 392 g/mol. The first kappa shape index (κ1) is 25.1. The van der Waals surface area contributed by atoms with Crippen molar-refractivity contribution >= 4 is 25.7 Å². The Kier molecular flexibility index (Phi) is 16.4. The van der Waals surface area contributed by atoms with Crippen molar-refractivity contribution in [3.05, 3.63) is 0 Å². The van der Waals surface area contributed by atoms with Crippen molar-refractivity contribution in [2.75, 3.05) is 19.8 Å². The third-order valence-electron chi connectivity index (χ3n) is 3.95. The van der Waals surface area contributed by atoms with Gasteiger partial charge in [-0.3, -0.25) is 4.79 Å². The molecule has 0 aliphatic heterocycles. The van der Waals surface area contributed by atoms with Gasteiger partial charge < -0.3 is 13.3 Å². The van der Waals surface area contributed by atoms with Gasteiger partial charge >= 0.3 is 8.80 Å². The minimum Gasteiger partial charge on any atom is -0.374 e. The molecule has 1 unspecified atom stereocenters. The highest BCUT2D eigenvalue weighted by Gasteiger charge is 2.42. The first-order chi connectivity index (χ1) is 12.0. The molecule has 0 spiro atoms. The minimum absolute atomic E-state index is 0.161. The number of carbonyl (C=O) groups excluding carboxylic acids is 1. The average Bonchev–Trinajstić information content (AvgIpc) is 2.54. The molecule has 0 fully saturated rings. The smallest absolute Gasteiger partial charge is 0.374 e. The first-order valence-corrected chi connectivity index (χ1v) is 13.0. The summed E-state index contributed by atoms with van der Waals surface area (Å²) in [6.07, 6.45) is 9.35. The molecule has 1 atom stereocenters. The largest absolute Gasteiger partial charge is 0.502 e. The second kappa shape index (κ2) is 16.3. The van der Waals surface area contributed by atoms with E-state index in [1.807, 2.05) is 20.8 Å². The highest BCUT2D eigenvalue weighted by molar-refractivity contribution is 8.14. The van der Waals surface area contributed by atoms with Gasteiger partial charge in [0.2, 0.25) is 0 Å². The molecule has 0 saturated heterocycles. The summed E-state index contributed by atoms with van der Waals surface area (Å²) >= 11 is 1.43. The van der Waals surface area contributed by atoms with Gasteiger partial charge in [-0.15, -0.1) is 0 Å². The van der Waals surface area contributed by atoms with E-state index in [-0.39, 0.29) is 10.4 Å². The van der Waals surface area contributed by atoms with Crippen LogP contribution in [0.4, 0.5) is 0 Å². The van der Waals surface area contributed by atoms with Gasteiger partial charge in [0.05, 0.1) is 0 Å². The summed E-state index contributed by atoms with van der Waals surface area (Å²) < 4.78 is 17.6. The number of thioether (sulfide) groups is 1. The zero-order valence-corrected chi connectivity index (χ0v) is 18.9. The van der Waals surface area contributed by atoms with Crippen LogP contribution in [0.2, 0.25) is 6.04 Å². The molecule has 0 bridgehead atoms. The second-order valence-electron chi connectivity index (χ2n) is 6.36. The SMILES string of the molecule is CCCCCCCCCC(=O)SC(C)C[Si](OCC)(OCC)OCC. The molecule has 0 rings (SSSR count). The van der Waals surface area contributed by atoms with Gasteiger partial charge in [-0.1, -0.05) is 64.1 Å². The fraction of sp³-hybridized carbons (Fsp3) is 0.947. The summed E-state index contributed by atoms with van der Waals surface area (Å²) in [5.74, 6) is 0. The van der Waals surface area contributed by atoms with Gasteiger partial charge in [-0.2, -0.15) is 0 Å². The second-order valence-corrected chi connectivity index (χ2v) is 10.5. The fourth-order valence-electron chi connectivity index (χ4n) is 2.87. The van der Waals surface area contributed by atoms with Crippen LogP contribution in [0.15, 0.2) is 0 Å². The number of hydrogen-bond donors (Lipinski definition) is 0. The van der Waals surface area contributed by atoms with Crippen LogP contribution in [0.1, 0.15) is 86.0 Å². The summed E-state index contributed by atoms with van der Waals surface area (Å²) in [4.78, 5) is 12.2. The fourth-order valence-corrected chi connectivity index (χ4v) is 7.15. The lowest BCUT2D eigenvalue weighted by atomic mass is 10.1. The van der Waals surface area contributed by atoms with Crippen LogP contribution in [-0.2, 0) is 18.1 Å². The van der Waals surface area contributed by atoms with E-state index in [9.17, 15) is 4.79 Å². The molecule has 6 heteroatoms. The van der Waals surface area contributed by atoms with Crippen LogP contribution in [0.3, 0.4) is 0 Å². The molecule has 0 N–H and O–H groups in total. The van der Waals surface area contributed by atoms with E-state index in [1.165, 1.54) is 50.3 Å². The Labute approximate surface area is 161 Å². The lowest BCUT2D eigenvalue weighted by Crippen LogP contribution is -2.47. The molecule has 0 aromatic carbocycles. The average molecular weight is 393 g/mol. The van der Waals surface area contributed by atoms with Crippen molar-refractivity contribution in [3.8, 4) is 0 Å². The van der Waals surface area contributed by atoms with Gasteiger partial charge in [0.1, 0.15) is 0 Å². The number of rotatable bonds is 17. The zero-order valence-electron chi connectivity index (χ0n) is 17.1. The quantitative estimate of drug-likeness (QED) is 0.230. The first-order valence-electron chi connectivity index (χ1n) is 10.1. The Morgan fingerprint density at radius 1 is 0.840 bits per heavy atom. The van der Waals surface area contributed by atoms with Gasteiger partial charge in [-0.05, 0) is 27.2 Å². The van der Waals surface area contributed by atoms with Gasteiger partial charge in [0.15, 0.2) is 5.12 Å². The number of unbranched alkanes of at least 4 members (excludes halogenated alkanes) is 6. The molecule has 0 radical (unpaired) electrons. The van der Waals surface area contributed by atoms with Gasteiger partial charge in [0, 0.05) is 37.5 Å². The normalized spacial score (nSPS) is 13.2. The predicted molar refractivity (Wildman–Crippen MR) is 110 cm³/mol. The van der Waals surface area contributed by atoms with E-state index in [1.54, 1.807) is 0 Å². The summed E-state index contributed by atoms with van der Waals surface area (Å²) in [6.45, 7) is 11.9. The Bertz CT molecular complexity index is 312. The molecular weight excluding hydrogens is 352 g/mol. The molecule has 25 heavy (non-hydrogen) atoms. The van der Waals surface area contributed by atoms with Gasteiger partial charge in [0.25, 0.3) is 0 Å². The van der Waals surface area contributed by atoms with Crippen LogP contribution in [-0.4, -0.2) is 39.0 Å². The number of carbonyl (C=O) groups is 1. The maximum absolute atomic E-state index is 12.2. The lowest BCUT2D eigenvalue weighted by Gasteiger charge is -2.30. The highest BCUT2D eigenvalue weighted by atomic mass is 32.2. The van der Waals surface area contributed by atoms with Crippen molar-refractivity contribution in [2.45, 2.75) is 97.3 Å². The molecule has 0 aromatic rings. The van der Waals surface area contributed by atoms with Crippen molar-refractivity contribution in [3.63, 3.8) is 0 Å². The van der Waals surface area contributed by atoms with Crippen molar-refractivity contribution < 1.29 is 18.1 Å². The van der Waals surface area contributed by atoms with E-state index >= 15 is 0 Å². The molecule has 150 valence electrons. The van der Waals surface area contributed by atoms with Crippen LogP contribution in [0, 0.1) is 0 Å². The molecule has 0 heterocycles. The Morgan fingerprint density at radius 2 is 1.32 bits per heavy atom. The summed E-state index contributed by atoms with van der Waals surface area (Å²) in [5, 5.41) is 0.446. The van der Waals surface area contributed by atoms with Crippen LogP contribution in [0.25, 0.3) is 0 Å². The Morgan fingerprint density at radius 3 is 1.80 bits per heavy atom. The molecule has 0 amide bonds. The number of hydrogen-bond acceptors (Lipinski definition) is 5. The van der Waals surface area contributed by atoms with Crippen molar-refractivity contribution in [2.24, 2.45) is 0 Å². The lowest BCUT2D eigenvalue weighted by molar-refractivity contribution is -0.111. The van der Waals surface area contributed by atoms with Crippen LogP contribution < -0.4 is 0 Å². The zero-order chi connectivity index (χ0) is 19.0. The van der Waals surface area contributed by atoms with Crippen molar-refractivity contribution in [1.29, 1.82) is 0 Å². The molecular formula is C19H40O4SSi. The summed E-state index contributed by atoms with van der Waals surface area (Å²) in [5.41, 5.74) is 0. The molecule has 0 saturated carbocycles. The van der Waals surface area contributed by atoms with E-state index < -0.39 is 8.80 Å². The molecule has 4 nitrogen and oxygen atoms in total. The van der Waals surface area contributed by atoms with Gasteiger partial charge in [-0.25, -0.2) is 0 Å². The topological polar surface area (TPSA) is 44.8 Å². The van der Waals surface area contributed by atoms with E-state index in [0.29, 0.717) is 32.3 Å². The molecule has 0 aliphatic rings. The molecule has 0 aliphatic carbocycles. The Balaban J connectivity index is 4.14.